The fraction of sp³-hybridized carbons (Fsp3) is 0.429. The van der Waals surface area contributed by atoms with Gasteiger partial charge in [-0.1, -0.05) is 6.07 Å². The molecule has 1 aromatic heterocycles. The summed E-state index contributed by atoms with van der Waals surface area (Å²) in [6.45, 7) is 2.03. The van der Waals surface area contributed by atoms with Gasteiger partial charge in [0.1, 0.15) is 5.52 Å². The van der Waals surface area contributed by atoms with Crippen LogP contribution in [0.5, 0.6) is 0 Å². The molecule has 0 amide bonds. The quantitative estimate of drug-likeness (QED) is 0.876. The number of nitrogens with zero attached hydrogens (tertiary/aromatic N) is 2. The summed E-state index contributed by atoms with van der Waals surface area (Å²) in [6.07, 6.45) is 3.07. The molecule has 1 aliphatic rings. The summed E-state index contributed by atoms with van der Waals surface area (Å²) in [6, 6.07) is 8.98. The monoisotopic (exact) mass is 241 g/mol. The molecule has 4 nitrogen and oxygen atoms in total. The molecule has 3 rings (SSSR count). The molecule has 0 aliphatic heterocycles. The van der Waals surface area contributed by atoms with Crippen LogP contribution in [0.2, 0.25) is 0 Å². The van der Waals surface area contributed by atoms with Crippen molar-refractivity contribution in [1.82, 2.24) is 4.98 Å². The first-order valence-electron chi connectivity index (χ1n) is 6.29. The molecule has 0 saturated heterocycles. The van der Waals surface area contributed by atoms with Gasteiger partial charge < -0.3 is 9.73 Å². The van der Waals surface area contributed by atoms with Gasteiger partial charge in [0.15, 0.2) is 5.58 Å². The van der Waals surface area contributed by atoms with E-state index in [1.165, 1.54) is 0 Å². The number of aryl methyl sites for hydroxylation is 1. The average molecular weight is 241 g/mol. The molecule has 18 heavy (non-hydrogen) atoms. The van der Waals surface area contributed by atoms with Gasteiger partial charge in [0, 0.05) is 6.04 Å². The second-order valence-corrected chi connectivity index (χ2v) is 4.91. The van der Waals surface area contributed by atoms with Crippen LogP contribution in [0.4, 0.5) is 6.01 Å². The maximum absolute atomic E-state index is 9.05. The molecule has 1 fully saturated rings. The molecule has 2 atom stereocenters. The maximum atomic E-state index is 9.05. The molecule has 0 spiro atoms. The predicted molar refractivity (Wildman–Crippen MR) is 69.1 cm³/mol. The molecular formula is C14H15N3O. The number of benzene rings is 1. The first-order valence-corrected chi connectivity index (χ1v) is 6.29. The van der Waals surface area contributed by atoms with Crippen molar-refractivity contribution in [3.05, 3.63) is 23.8 Å². The number of hydrogen-bond acceptors (Lipinski definition) is 4. The van der Waals surface area contributed by atoms with Crippen LogP contribution in [-0.4, -0.2) is 11.0 Å². The predicted octanol–water partition coefficient (Wildman–Crippen LogP) is 3.24. The van der Waals surface area contributed by atoms with Crippen LogP contribution in [0.25, 0.3) is 11.1 Å². The normalized spacial score (nSPS) is 23.1. The standard InChI is InChI=1S/C14H15N3O/c1-9-5-6-13-12(7-9)17-14(18-13)16-11-4-2-3-10(11)8-15/h5-7,10-11H,2-4H2,1H3,(H,16,17)/t10-,11+/m0/s1. The van der Waals surface area contributed by atoms with Crippen LogP contribution in [0.1, 0.15) is 24.8 Å². The molecule has 92 valence electrons. The summed E-state index contributed by atoms with van der Waals surface area (Å²) < 4.78 is 5.65. The lowest BCUT2D eigenvalue weighted by Crippen LogP contribution is -2.22. The van der Waals surface area contributed by atoms with Crippen LogP contribution in [-0.2, 0) is 0 Å². The van der Waals surface area contributed by atoms with Crippen LogP contribution >= 0.6 is 0 Å². The Kier molecular flexibility index (Phi) is 2.67. The summed E-state index contributed by atoms with van der Waals surface area (Å²) in [5.41, 5.74) is 2.82. The third kappa shape index (κ3) is 1.92. The third-order valence-corrected chi connectivity index (χ3v) is 3.53. The average Bonchev–Trinajstić information content (AvgIpc) is 2.94. The summed E-state index contributed by atoms with van der Waals surface area (Å²) >= 11 is 0. The minimum absolute atomic E-state index is 0.0711. The molecule has 1 aromatic carbocycles. The zero-order valence-corrected chi connectivity index (χ0v) is 10.3. The van der Waals surface area contributed by atoms with Gasteiger partial charge in [-0.3, -0.25) is 0 Å². The fourth-order valence-corrected chi connectivity index (χ4v) is 2.55. The van der Waals surface area contributed by atoms with Crippen molar-refractivity contribution in [2.24, 2.45) is 5.92 Å². The SMILES string of the molecule is Cc1ccc2oc(N[C@@H]3CCC[C@H]3C#N)nc2c1. The fourth-order valence-electron chi connectivity index (χ4n) is 2.55. The maximum Gasteiger partial charge on any atom is 0.295 e. The van der Waals surface area contributed by atoms with Gasteiger partial charge in [-0.2, -0.15) is 10.2 Å². The smallest absolute Gasteiger partial charge is 0.295 e. The molecule has 1 aliphatic carbocycles. The number of nitriles is 1. The van der Waals surface area contributed by atoms with Crippen molar-refractivity contribution in [3.63, 3.8) is 0 Å². The first-order chi connectivity index (χ1) is 8.76. The zero-order chi connectivity index (χ0) is 12.5. The molecule has 2 aromatic rings. The largest absolute Gasteiger partial charge is 0.424 e. The first kappa shape index (κ1) is 11.1. The molecule has 0 bridgehead atoms. The van der Waals surface area contributed by atoms with Gasteiger partial charge in [-0.15, -0.1) is 0 Å². The highest BCUT2D eigenvalue weighted by Crippen LogP contribution is 2.29. The molecule has 1 heterocycles. The lowest BCUT2D eigenvalue weighted by Gasteiger charge is -2.12. The Labute approximate surface area is 106 Å². The van der Waals surface area contributed by atoms with E-state index < -0.39 is 0 Å². The van der Waals surface area contributed by atoms with Gasteiger partial charge in [-0.05, 0) is 43.9 Å². The van der Waals surface area contributed by atoms with E-state index in [0.29, 0.717) is 6.01 Å². The third-order valence-electron chi connectivity index (χ3n) is 3.53. The second kappa shape index (κ2) is 4.34. The second-order valence-electron chi connectivity index (χ2n) is 4.91. The van der Waals surface area contributed by atoms with Crippen molar-refractivity contribution < 1.29 is 4.42 Å². The summed E-state index contributed by atoms with van der Waals surface area (Å²) in [5.74, 6) is 0.0711. The summed E-state index contributed by atoms with van der Waals surface area (Å²) in [7, 11) is 0. The summed E-state index contributed by atoms with van der Waals surface area (Å²) in [4.78, 5) is 4.42. The van der Waals surface area contributed by atoms with Gasteiger partial charge in [0.2, 0.25) is 0 Å². The molecule has 0 unspecified atom stereocenters. The molecule has 4 heteroatoms. The van der Waals surface area contributed by atoms with Crippen molar-refractivity contribution in [3.8, 4) is 6.07 Å². The van der Waals surface area contributed by atoms with Gasteiger partial charge in [0.25, 0.3) is 6.01 Å². The van der Waals surface area contributed by atoms with Crippen molar-refractivity contribution in [1.29, 1.82) is 5.26 Å². The van der Waals surface area contributed by atoms with Crippen molar-refractivity contribution >= 4 is 17.1 Å². The van der Waals surface area contributed by atoms with E-state index in [9.17, 15) is 0 Å². The highest BCUT2D eigenvalue weighted by atomic mass is 16.4. The lowest BCUT2D eigenvalue weighted by atomic mass is 10.1. The van der Waals surface area contributed by atoms with E-state index in [4.69, 9.17) is 9.68 Å². The van der Waals surface area contributed by atoms with Crippen molar-refractivity contribution in [2.45, 2.75) is 32.2 Å². The number of aromatic nitrogens is 1. The Morgan fingerprint density at radius 2 is 2.33 bits per heavy atom. The van der Waals surface area contributed by atoms with E-state index in [1.807, 2.05) is 25.1 Å². The van der Waals surface area contributed by atoms with Crippen LogP contribution in [0, 0.1) is 24.2 Å². The Morgan fingerprint density at radius 1 is 1.44 bits per heavy atom. The van der Waals surface area contributed by atoms with Crippen molar-refractivity contribution in [2.75, 3.05) is 5.32 Å². The lowest BCUT2D eigenvalue weighted by molar-refractivity contribution is 0.565. The minimum Gasteiger partial charge on any atom is -0.424 e. The molecule has 1 N–H and O–H groups in total. The highest BCUT2D eigenvalue weighted by Gasteiger charge is 2.28. The number of fused-ring (bicyclic) bond motifs is 1. The summed E-state index contributed by atoms with van der Waals surface area (Å²) in [5, 5.41) is 12.3. The minimum atomic E-state index is 0.0711. The topological polar surface area (TPSA) is 61.9 Å². The van der Waals surface area contributed by atoms with E-state index in [-0.39, 0.29) is 12.0 Å². The zero-order valence-electron chi connectivity index (χ0n) is 10.3. The van der Waals surface area contributed by atoms with Crippen LogP contribution in [0.15, 0.2) is 22.6 Å². The van der Waals surface area contributed by atoms with E-state index >= 15 is 0 Å². The highest BCUT2D eigenvalue weighted by molar-refractivity contribution is 5.75. The Bertz CT molecular complexity index is 611. The van der Waals surface area contributed by atoms with Crippen LogP contribution in [0.3, 0.4) is 0 Å². The number of rotatable bonds is 2. The van der Waals surface area contributed by atoms with Crippen LogP contribution < -0.4 is 5.32 Å². The Hall–Kier alpha value is -2.02. The molecule has 1 saturated carbocycles. The number of nitrogens with one attached hydrogen (secondary N) is 1. The van der Waals surface area contributed by atoms with E-state index in [0.717, 1.165) is 35.9 Å². The Balaban J connectivity index is 1.85. The number of hydrogen-bond donors (Lipinski definition) is 1. The van der Waals surface area contributed by atoms with Gasteiger partial charge >= 0.3 is 0 Å². The number of anilines is 1. The van der Waals surface area contributed by atoms with E-state index in [2.05, 4.69) is 16.4 Å². The number of oxazole rings is 1. The Morgan fingerprint density at radius 3 is 3.17 bits per heavy atom. The van der Waals surface area contributed by atoms with Gasteiger partial charge in [0.05, 0.1) is 12.0 Å². The molecule has 0 radical (unpaired) electrons. The van der Waals surface area contributed by atoms with E-state index in [1.54, 1.807) is 0 Å². The molecular weight excluding hydrogens is 226 g/mol. The van der Waals surface area contributed by atoms with Gasteiger partial charge in [-0.25, -0.2) is 0 Å².